The maximum Gasteiger partial charge on any atom is 0.325 e. The highest BCUT2D eigenvalue weighted by Crippen LogP contribution is 2.30. The van der Waals surface area contributed by atoms with Crippen molar-refractivity contribution < 1.29 is 14.0 Å². The van der Waals surface area contributed by atoms with Gasteiger partial charge in [0.1, 0.15) is 12.1 Å². The number of urea groups is 1. The number of amides is 3. The van der Waals surface area contributed by atoms with Gasteiger partial charge in [0.2, 0.25) is 5.89 Å². The van der Waals surface area contributed by atoms with Gasteiger partial charge in [-0.3, -0.25) is 9.69 Å². The zero-order valence-electron chi connectivity index (χ0n) is 15.3. The van der Waals surface area contributed by atoms with E-state index in [1.165, 1.54) is 6.20 Å². The first kappa shape index (κ1) is 18.7. The minimum Gasteiger partial charge on any atom is -0.439 e. The summed E-state index contributed by atoms with van der Waals surface area (Å²) < 4.78 is 5.71. The van der Waals surface area contributed by atoms with Crippen LogP contribution in [0.1, 0.15) is 23.9 Å². The topological polar surface area (TPSA) is 99.2 Å². The number of carbonyl (C=O) groups is 2. The number of hydrogen-bond donors (Lipinski definition) is 1. The van der Waals surface area contributed by atoms with Crippen LogP contribution in [-0.2, 0) is 16.9 Å². The summed E-state index contributed by atoms with van der Waals surface area (Å²) in [4.78, 5) is 30.7. The fourth-order valence-corrected chi connectivity index (χ4v) is 3.31. The van der Waals surface area contributed by atoms with Crippen molar-refractivity contribution in [1.82, 2.24) is 15.2 Å². The molecule has 144 valence electrons. The molecule has 1 aromatic heterocycles. The number of halogens is 1. The molecule has 1 N–H and O–H groups in total. The van der Waals surface area contributed by atoms with Crippen LogP contribution in [0.4, 0.5) is 4.79 Å². The molecule has 1 saturated heterocycles. The van der Waals surface area contributed by atoms with Crippen LogP contribution >= 0.6 is 11.6 Å². The van der Waals surface area contributed by atoms with Gasteiger partial charge >= 0.3 is 6.03 Å². The van der Waals surface area contributed by atoms with Gasteiger partial charge in [-0.15, -0.1) is 0 Å². The Morgan fingerprint density at radius 3 is 2.52 bits per heavy atom. The molecule has 1 fully saturated rings. The molecule has 1 unspecified atom stereocenters. The third-order valence-electron chi connectivity index (χ3n) is 4.84. The van der Waals surface area contributed by atoms with Gasteiger partial charge in [0.05, 0.1) is 17.8 Å². The molecule has 0 spiro atoms. The second-order valence-corrected chi connectivity index (χ2v) is 7.20. The SMILES string of the molecule is CC1(c2ccc(C#N)cc2)NC(=O)N(Cc2ncc(-c3ccc(Cl)cc3)o2)C1=O. The fourth-order valence-electron chi connectivity index (χ4n) is 3.18. The highest BCUT2D eigenvalue weighted by molar-refractivity contribution is 6.30. The molecule has 4 rings (SSSR count). The Balaban J connectivity index is 1.55. The number of nitrogens with one attached hydrogen (secondary N) is 1. The predicted octanol–water partition coefficient (Wildman–Crippen LogP) is 3.83. The summed E-state index contributed by atoms with van der Waals surface area (Å²) >= 11 is 5.89. The van der Waals surface area contributed by atoms with Crippen molar-refractivity contribution in [1.29, 1.82) is 5.26 Å². The molecule has 8 heteroatoms. The molecule has 3 aromatic rings. The van der Waals surface area contributed by atoms with Crippen molar-refractivity contribution in [3.8, 4) is 17.4 Å². The van der Waals surface area contributed by atoms with Gasteiger partial charge in [0, 0.05) is 10.6 Å². The molecule has 1 aliphatic heterocycles. The summed E-state index contributed by atoms with van der Waals surface area (Å²) in [6, 6.07) is 15.1. The lowest BCUT2D eigenvalue weighted by Gasteiger charge is -2.22. The molecular formula is C21H15ClN4O3. The largest absolute Gasteiger partial charge is 0.439 e. The average molecular weight is 407 g/mol. The molecule has 1 aliphatic rings. The Bertz CT molecular complexity index is 1130. The zero-order chi connectivity index (χ0) is 20.6. The Hall–Kier alpha value is -3.63. The molecular weight excluding hydrogens is 392 g/mol. The highest BCUT2D eigenvalue weighted by Gasteiger charge is 2.49. The predicted molar refractivity (Wildman–Crippen MR) is 105 cm³/mol. The number of aromatic nitrogens is 1. The minimum absolute atomic E-state index is 0.0931. The number of oxazole rings is 1. The maximum absolute atomic E-state index is 13.0. The lowest BCUT2D eigenvalue weighted by atomic mass is 9.91. The van der Waals surface area contributed by atoms with Crippen LogP contribution in [0.2, 0.25) is 5.02 Å². The smallest absolute Gasteiger partial charge is 0.325 e. The number of hydrogen-bond acceptors (Lipinski definition) is 5. The molecule has 3 amide bonds. The summed E-state index contributed by atoms with van der Waals surface area (Å²) in [6.45, 7) is 1.54. The van der Waals surface area contributed by atoms with Gasteiger partial charge < -0.3 is 9.73 Å². The van der Waals surface area contributed by atoms with Crippen LogP contribution < -0.4 is 5.32 Å². The Kier molecular flexibility index (Phi) is 4.57. The van der Waals surface area contributed by atoms with Gasteiger partial charge in [-0.05, 0) is 48.9 Å². The van der Waals surface area contributed by atoms with Crippen molar-refractivity contribution >= 4 is 23.5 Å². The first-order valence-electron chi connectivity index (χ1n) is 8.76. The highest BCUT2D eigenvalue weighted by atomic mass is 35.5. The molecule has 2 heterocycles. The molecule has 0 radical (unpaired) electrons. The lowest BCUT2D eigenvalue weighted by molar-refractivity contribution is -0.131. The molecule has 0 bridgehead atoms. The van der Waals surface area contributed by atoms with E-state index in [-0.39, 0.29) is 12.4 Å². The quantitative estimate of drug-likeness (QED) is 0.663. The van der Waals surface area contributed by atoms with Crippen molar-refractivity contribution in [3.63, 3.8) is 0 Å². The monoisotopic (exact) mass is 406 g/mol. The fraction of sp³-hybridized carbons (Fsp3) is 0.143. The number of nitriles is 1. The molecule has 7 nitrogen and oxygen atoms in total. The summed E-state index contributed by atoms with van der Waals surface area (Å²) in [5.41, 5.74) is 0.622. The van der Waals surface area contributed by atoms with Crippen molar-refractivity contribution in [3.05, 3.63) is 76.8 Å². The van der Waals surface area contributed by atoms with Gasteiger partial charge in [-0.2, -0.15) is 5.26 Å². The lowest BCUT2D eigenvalue weighted by Crippen LogP contribution is -2.40. The molecule has 0 aliphatic carbocycles. The van der Waals surface area contributed by atoms with E-state index in [2.05, 4.69) is 10.3 Å². The molecule has 2 aromatic carbocycles. The summed E-state index contributed by atoms with van der Waals surface area (Å²) in [6.07, 6.45) is 1.54. The Labute approximate surface area is 171 Å². The Morgan fingerprint density at radius 1 is 1.17 bits per heavy atom. The van der Waals surface area contributed by atoms with Gasteiger partial charge in [0.25, 0.3) is 5.91 Å². The van der Waals surface area contributed by atoms with Crippen LogP contribution in [0.5, 0.6) is 0 Å². The van der Waals surface area contributed by atoms with Crippen molar-refractivity contribution in [2.24, 2.45) is 0 Å². The van der Waals surface area contributed by atoms with Crippen LogP contribution in [-0.4, -0.2) is 21.8 Å². The first-order chi connectivity index (χ1) is 13.9. The summed E-state index contributed by atoms with van der Waals surface area (Å²) in [7, 11) is 0. The molecule has 0 saturated carbocycles. The first-order valence-corrected chi connectivity index (χ1v) is 9.14. The van der Waals surface area contributed by atoms with Crippen LogP contribution in [0, 0.1) is 11.3 Å². The van der Waals surface area contributed by atoms with E-state index in [4.69, 9.17) is 21.3 Å². The van der Waals surface area contributed by atoms with Crippen LogP contribution in [0.15, 0.2) is 59.1 Å². The normalized spacial score (nSPS) is 18.6. The van der Waals surface area contributed by atoms with E-state index < -0.39 is 17.5 Å². The number of imide groups is 1. The second-order valence-electron chi connectivity index (χ2n) is 6.76. The molecule has 29 heavy (non-hydrogen) atoms. The maximum atomic E-state index is 13.0. The number of benzene rings is 2. The number of carbonyl (C=O) groups excluding carboxylic acids is 2. The van der Waals surface area contributed by atoms with E-state index in [1.807, 2.05) is 6.07 Å². The summed E-state index contributed by atoms with van der Waals surface area (Å²) in [5.74, 6) is 0.333. The number of nitrogens with zero attached hydrogens (tertiary/aromatic N) is 3. The van der Waals surface area contributed by atoms with E-state index in [1.54, 1.807) is 55.5 Å². The minimum atomic E-state index is -1.23. The Morgan fingerprint density at radius 2 is 1.86 bits per heavy atom. The third kappa shape index (κ3) is 3.35. The van der Waals surface area contributed by atoms with E-state index >= 15 is 0 Å². The van der Waals surface area contributed by atoms with E-state index in [9.17, 15) is 9.59 Å². The summed E-state index contributed by atoms with van der Waals surface area (Å²) in [5, 5.41) is 12.3. The van der Waals surface area contributed by atoms with Crippen molar-refractivity contribution in [2.75, 3.05) is 0 Å². The van der Waals surface area contributed by atoms with Crippen molar-refractivity contribution in [2.45, 2.75) is 19.0 Å². The van der Waals surface area contributed by atoms with Crippen LogP contribution in [0.3, 0.4) is 0 Å². The van der Waals surface area contributed by atoms with Gasteiger partial charge in [-0.1, -0.05) is 23.7 Å². The average Bonchev–Trinajstić information content (AvgIpc) is 3.28. The number of rotatable bonds is 4. The zero-order valence-corrected chi connectivity index (χ0v) is 16.1. The molecule has 1 atom stereocenters. The van der Waals surface area contributed by atoms with E-state index in [0.29, 0.717) is 21.9 Å². The third-order valence-corrected chi connectivity index (χ3v) is 5.09. The second kappa shape index (κ2) is 7.08. The standard InChI is InChI=1S/C21H15ClN4O3/c1-21(15-6-2-13(10-23)3-7-15)19(27)26(20(28)25-21)12-18-24-11-17(29-18)14-4-8-16(22)9-5-14/h2-9,11H,12H2,1H3,(H,25,28). The van der Waals surface area contributed by atoms with E-state index in [0.717, 1.165) is 10.5 Å². The van der Waals surface area contributed by atoms with Crippen LogP contribution in [0.25, 0.3) is 11.3 Å². The van der Waals surface area contributed by atoms with Gasteiger partial charge in [-0.25, -0.2) is 9.78 Å². The van der Waals surface area contributed by atoms with Gasteiger partial charge in [0.15, 0.2) is 5.76 Å².